The SMILES string of the molecule is CCCN1CCC(N(C)C(=O)n2cnc(-c3cccc(C#N)c3)c2)CC1.CCCN1CCC(NC)CC1.N#Cc1cccc(-c2cn(C(=O)Oc3ccc([N+](=O)[O-])cc3)cn2)c1. The summed E-state index contributed by atoms with van der Waals surface area (Å²) >= 11 is 0. The number of piperidine rings is 2. The summed E-state index contributed by atoms with van der Waals surface area (Å²) in [5, 5.41) is 31.9. The van der Waals surface area contributed by atoms with Crippen LogP contribution >= 0.6 is 0 Å². The van der Waals surface area contributed by atoms with Crippen LogP contribution in [0.2, 0.25) is 0 Å². The van der Waals surface area contributed by atoms with Crippen molar-refractivity contribution in [2.24, 2.45) is 0 Å². The zero-order chi connectivity index (χ0) is 44.4. The molecule has 2 fully saturated rings. The summed E-state index contributed by atoms with van der Waals surface area (Å²) in [4.78, 5) is 50.3. The van der Waals surface area contributed by atoms with Gasteiger partial charge in [-0.05, 0) is 108 Å². The van der Waals surface area contributed by atoms with Gasteiger partial charge in [0.25, 0.3) is 5.69 Å². The molecule has 1 N–H and O–H groups in total. The lowest BCUT2D eigenvalue weighted by Crippen LogP contribution is -2.46. The molecule has 62 heavy (non-hydrogen) atoms. The van der Waals surface area contributed by atoms with Crippen LogP contribution in [-0.4, -0.2) is 116 Å². The highest BCUT2D eigenvalue weighted by Crippen LogP contribution is 2.22. The van der Waals surface area contributed by atoms with Crippen molar-refractivity contribution in [3.8, 4) is 40.4 Å². The van der Waals surface area contributed by atoms with Crippen LogP contribution in [0.3, 0.4) is 0 Å². The van der Waals surface area contributed by atoms with Gasteiger partial charge in [-0.1, -0.05) is 38.1 Å². The van der Waals surface area contributed by atoms with Gasteiger partial charge in [0.2, 0.25) is 0 Å². The second-order valence-electron chi connectivity index (χ2n) is 15.2. The van der Waals surface area contributed by atoms with E-state index < -0.39 is 11.0 Å². The van der Waals surface area contributed by atoms with Gasteiger partial charge in [-0.25, -0.2) is 24.1 Å². The van der Waals surface area contributed by atoms with Crippen LogP contribution < -0.4 is 10.1 Å². The van der Waals surface area contributed by atoms with E-state index in [1.54, 1.807) is 48.9 Å². The Morgan fingerprint density at radius 2 is 1.31 bits per heavy atom. The molecule has 0 bridgehead atoms. The van der Waals surface area contributed by atoms with E-state index in [9.17, 15) is 19.7 Å². The Balaban J connectivity index is 0.000000190. The number of rotatable bonds is 10. The lowest BCUT2D eigenvalue weighted by Gasteiger charge is -2.36. The average molecular weight is 842 g/mol. The van der Waals surface area contributed by atoms with Crippen LogP contribution in [-0.2, 0) is 0 Å². The third kappa shape index (κ3) is 13.1. The van der Waals surface area contributed by atoms with Gasteiger partial charge >= 0.3 is 12.1 Å². The second kappa shape index (κ2) is 23.3. The Morgan fingerprint density at radius 1 is 0.806 bits per heavy atom. The molecule has 0 saturated carbocycles. The number of hydrogen-bond acceptors (Lipinski definition) is 12. The number of nitriles is 2. The molecular weight excluding hydrogens is 787 g/mol. The molecule has 2 aromatic heterocycles. The summed E-state index contributed by atoms with van der Waals surface area (Å²) in [5.41, 5.74) is 3.72. The number of likely N-dealkylation sites (tertiary alicyclic amines) is 2. The smallest absolute Gasteiger partial charge is 0.410 e. The van der Waals surface area contributed by atoms with Gasteiger partial charge in [-0.2, -0.15) is 10.5 Å². The Kier molecular flexibility index (Phi) is 17.4. The quantitative estimate of drug-likeness (QED) is 0.107. The predicted molar refractivity (Wildman–Crippen MR) is 236 cm³/mol. The number of amides is 1. The zero-order valence-electron chi connectivity index (χ0n) is 35.9. The first-order valence-electron chi connectivity index (χ1n) is 21.0. The van der Waals surface area contributed by atoms with Gasteiger partial charge in [0.15, 0.2) is 0 Å². The molecule has 0 unspecified atom stereocenters. The minimum Gasteiger partial charge on any atom is -0.410 e. The first-order valence-corrected chi connectivity index (χ1v) is 21.0. The molecule has 2 aliphatic heterocycles. The summed E-state index contributed by atoms with van der Waals surface area (Å²) in [6, 6.07) is 24.4. The summed E-state index contributed by atoms with van der Waals surface area (Å²) in [6.07, 6.45) is 12.5. The molecule has 0 aliphatic carbocycles. The van der Waals surface area contributed by atoms with Crippen LogP contribution in [0.5, 0.6) is 5.75 Å². The largest absolute Gasteiger partial charge is 0.424 e. The van der Waals surface area contributed by atoms with E-state index in [1.807, 2.05) is 30.1 Å². The number of nitrogens with zero attached hydrogens (tertiary/aromatic N) is 10. The number of aromatic nitrogens is 4. The standard InChI is InChI=1S/C20H25N5O.C17H10N4O4.C9H20N2/c1-3-9-24-10-7-18(8-11-24)23(2)20(26)25-14-19(22-15-25)17-6-4-5-16(12-17)13-21;18-9-12-2-1-3-13(8-12)16-10-20(11-19-16)17(22)25-15-6-4-14(5-7-15)21(23)24;1-3-6-11-7-4-9(10-2)5-8-11/h4-6,12,14-15,18H,3,7-11H2,1-2H3;1-8,10-11H;9-10H,3-8H2,1-2H3. The zero-order valence-corrected chi connectivity index (χ0v) is 35.9. The van der Waals surface area contributed by atoms with Crippen molar-refractivity contribution in [3.63, 3.8) is 0 Å². The third-order valence-electron chi connectivity index (χ3n) is 10.9. The minimum atomic E-state index is -0.705. The van der Waals surface area contributed by atoms with Crippen LogP contribution in [0.25, 0.3) is 22.5 Å². The first kappa shape index (κ1) is 46.3. The van der Waals surface area contributed by atoms with Crippen molar-refractivity contribution in [1.82, 2.24) is 39.1 Å². The van der Waals surface area contributed by atoms with Gasteiger partial charge in [0.1, 0.15) is 18.4 Å². The molecule has 4 heterocycles. The van der Waals surface area contributed by atoms with Crippen molar-refractivity contribution < 1.29 is 19.2 Å². The monoisotopic (exact) mass is 841 g/mol. The van der Waals surface area contributed by atoms with E-state index >= 15 is 0 Å². The minimum absolute atomic E-state index is 0.0610. The van der Waals surface area contributed by atoms with Gasteiger partial charge in [0, 0.05) is 67.9 Å². The molecule has 5 aromatic rings. The lowest BCUT2D eigenvalue weighted by molar-refractivity contribution is -0.384. The molecule has 16 heteroatoms. The lowest BCUT2D eigenvalue weighted by atomic mass is 10.0. The highest BCUT2D eigenvalue weighted by Gasteiger charge is 2.26. The maximum atomic E-state index is 12.8. The van der Waals surface area contributed by atoms with Gasteiger partial charge in [-0.3, -0.25) is 14.7 Å². The van der Waals surface area contributed by atoms with Crippen molar-refractivity contribution in [2.45, 2.75) is 64.5 Å². The Hall–Kier alpha value is -6.72. The number of imidazole rings is 2. The highest BCUT2D eigenvalue weighted by molar-refractivity contribution is 5.78. The van der Waals surface area contributed by atoms with E-state index in [0.717, 1.165) is 48.6 Å². The second-order valence-corrected chi connectivity index (χ2v) is 15.2. The summed E-state index contributed by atoms with van der Waals surface area (Å²) in [5.74, 6) is 0.178. The van der Waals surface area contributed by atoms with Gasteiger partial charge < -0.3 is 24.8 Å². The topological polar surface area (TPSA) is 191 Å². The maximum absolute atomic E-state index is 12.8. The molecule has 7 rings (SSSR count). The number of nitro groups is 1. The van der Waals surface area contributed by atoms with Crippen LogP contribution in [0, 0.1) is 32.8 Å². The van der Waals surface area contributed by atoms with E-state index in [-0.39, 0.29) is 23.5 Å². The van der Waals surface area contributed by atoms with Crippen molar-refractivity contribution in [3.05, 3.63) is 119 Å². The fourth-order valence-electron chi connectivity index (χ4n) is 7.38. The summed E-state index contributed by atoms with van der Waals surface area (Å²) < 4.78 is 7.82. The molecular formula is C46H55N11O5. The predicted octanol–water partition coefficient (Wildman–Crippen LogP) is 7.65. The number of benzene rings is 3. The fraction of sp³-hybridized carbons (Fsp3) is 0.391. The number of carbonyl (C=O) groups is 2. The van der Waals surface area contributed by atoms with Gasteiger partial charge in [0.05, 0.1) is 39.6 Å². The molecule has 16 nitrogen and oxygen atoms in total. The van der Waals surface area contributed by atoms with E-state index in [1.165, 1.54) is 86.7 Å². The van der Waals surface area contributed by atoms with Crippen molar-refractivity contribution in [1.29, 1.82) is 10.5 Å². The molecule has 1 amide bonds. The van der Waals surface area contributed by atoms with E-state index in [2.05, 4.69) is 52.0 Å². The fourth-order valence-corrected chi connectivity index (χ4v) is 7.38. The highest BCUT2D eigenvalue weighted by atomic mass is 16.6. The van der Waals surface area contributed by atoms with E-state index in [0.29, 0.717) is 28.1 Å². The molecule has 0 atom stereocenters. The first-order chi connectivity index (χ1) is 30.0. The molecule has 2 aliphatic rings. The van der Waals surface area contributed by atoms with Crippen LogP contribution in [0.1, 0.15) is 63.5 Å². The molecule has 3 aromatic carbocycles. The number of carbonyl (C=O) groups excluding carboxylic acids is 2. The van der Waals surface area contributed by atoms with Crippen molar-refractivity contribution >= 4 is 17.8 Å². The summed E-state index contributed by atoms with van der Waals surface area (Å²) in [6.45, 7) is 11.6. The Labute approximate surface area is 363 Å². The van der Waals surface area contributed by atoms with Crippen LogP contribution in [0.15, 0.2) is 97.8 Å². The van der Waals surface area contributed by atoms with Gasteiger partial charge in [-0.15, -0.1) is 0 Å². The Bertz CT molecular complexity index is 2310. The number of nitrogens with one attached hydrogen (secondary N) is 1. The Morgan fingerprint density at radius 3 is 1.79 bits per heavy atom. The number of ether oxygens (including phenoxy) is 1. The normalized spacial score (nSPS) is 14.5. The van der Waals surface area contributed by atoms with E-state index in [4.69, 9.17) is 15.3 Å². The maximum Gasteiger partial charge on any atom is 0.424 e. The third-order valence-corrected chi connectivity index (χ3v) is 10.9. The van der Waals surface area contributed by atoms with Crippen molar-refractivity contribution in [2.75, 3.05) is 53.4 Å². The molecule has 0 radical (unpaired) electrons. The summed E-state index contributed by atoms with van der Waals surface area (Å²) in [7, 11) is 3.94. The average Bonchev–Trinajstić information content (AvgIpc) is 4.02. The van der Waals surface area contributed by atoms with Crippen LogP contribution in [0.4, 0.5) is 15.3 Å². The molecule has 324 valence electrons. The molecule has 0 spiro atoms. The molecule has 2 saturated heterocycles. The number of hydrogen-bond donors (Lipinski definition) is 1. The number of non-ortho nitro benzene ring substituents is 1. The number of nitro benzene ring substituents is 1.